The molecule has 0 aliphatic heterocycles. The Kier molecular flexibility index (Phi) is 4.13. The van der Waals surface area contributed by atoms with E-state index in [0.717, 1.165) is 0 Å². The Morgan fingerprint density at radius 3 is 2.67 bits per heavy atom. The van der Waals surface area contributed by atoms with Crippen molar-refractivity contribution in [3.05, 3.63) is 17.5 Å². The van der Waals surface area contributed by atoms with Crippen molar-refractivity contribution >= 4 is 22.7 Å². The zero-order chi connectivity index (χ0) is 15.7. The number of hydrogen-bond donors (Lipinski definition) is 3. The van der Waals surface area contributed by atoms with Crippen LogP contribution in [0.25, 0.3) is 11.0 Å². The second-order valence-electron chi connectivity index (χ2n) is 5.44. The summed E-state index contributed by atoms with van der Waals surface area (Å²) in [5.74, 6) is -0.910. The van der Waals surface area contributed by atoms with E-state index in [9.17, 15) is 15.0 Å². The van der Waals surface area contributed by atoms with Crippen LogP contribution in [0.1, 0.15) is 29.9 Å². The summed E-state index contributed by atoms with van der Waals surface area (Å²) in [6.45, 7) is 5.65. The van der Waals surface area contributed by atoms with Gasteiger partial charge in [0, 0.05) is 13.2 Å². The molecule has 0 saturated heterocycles. The molecule has 114 valence electrons. The normalized spacial score (nSPS) is 12.9. The van der Waals surface area contributed by atoms with Gasteiger partial charge in [-0.1, -0.05) is 13.8 Å². The van der Waals surface area contributed by atoms with Crippen molar-refractivity contribution in [3.8, 4) is 0 Å². The van der Waals surface area contributed by atoms with Gasteiger partial charge in [0.05, 0.1) is 29.4 Å². The van der Waals surface area contributed by atoms with E-state index < -0.39 is 5.97 Å². The number of carboxylic acids is 1. The number of aliphatic hydroxyl groups excluding tert-OH is 1. The van der Waals surface area contributed by atoms with Crippen molar-refractivity contribution in [2.75, 3.05) is 11.9 Å². The Labute approximate surface area is 122 Å². The van der Waals surface area contributed by atoms with E-state index in [0.29, 0.717) is 22.4 Å². The highest BCUT2D eigenvalue weighted by atomic mass is 16.4. The third kappa shape index (κ3) is 2.69. The molecule has 0 spiro atoms. The van der Waals surface area contributed by atoms with Gasteiger partial charge in [-0.3, -0.25) is 4.68 Å². The fourth-order valence-corrected chi connectivity index (χ4v) is 2.33. The molecule has 2 aromatic rings. The molecule has 1 atom stereocenters. The van der Waals surface area contributed by atoms with Crippen LogP contribution in [0.5, 0.6) is 0 Å². The van der Waals surface area contributed by atoms with Crippen molar-refractivity contribution in [2.45, 2.75) is 26.8 Å². The lowest BCUT2D eigenvalue weighted by Crippen LogP contribution is -2.30. The van der Waals surface area contributed by atoms with Gasteiger partial charge in [-0.25, -0.2) is 9.78 Å². The summed E-state index contributed by atoms with van der Waals surface area (Å²) in [4.78, 5) is 15.6. The maximum absolute atomic E-state index is 11.5. The van der Waals surface area contributed by atoms with E-state index in [2.05, 4.69) is 15.4 Å². The lowest BCUT2D eigenvalue weighted by molar-refractivity contribution is 0.0697. The van der Waals surface area contributed by atoms with E-state index in [1.165, 1.54) is 6.20 Å². The van der Waals surface area contributed by atoms with Gasteiger partial charge in [-0.2, -0.15) is 5.10 Å². The Morgan fingerprint density at radius 1 is 1.48 bits per heavy atom. The number of pyridine rings is 1. The van der Waals surface area contributed by atoms with Crippen molar-refractivity contribution in [2.24, 2.45) is 13.0 Å². The molecule has 2 aromatic heterocycles. The fourth-order valence-electron chi connectivity index (χ4n) is 2.33. The van der Waals surface area contributed by atoms with Crippen LogP contribution in [0.4, 0.5) is 5.69 Å². The van der Waals surface area contributed by atoms with Gasteiger partial charge in [0.1, 0.15) is 5.56 Å². The maximum Gasteiger partial charge on any atom is 0.339 e. The molecule has 21 heavy (non-hydrogen) atoms. The van der Waals surface area contributed by atoms with Crippen LogP contribution in [0.15, 0.2) is 6.20 Å². The quantitative estimate of drug-likeness (QED) is 0.770. The van der Waals surface area contributed by atoms with Crippen LogP contribution in [0.3, 0.4) is 0 Å². The van der Waals surface area contributed by atoms with Crippen LogP contribution in [0.2, 0.25) is 0 Å². The highest BCUT2D eigenvalue weighted by Crippen LogP contribution is 2.29. The summed E-state index contributed by atoms with van der Waals surface area (Å²) in [6, 6.07) is -0.242. The number of aryl methyl sites for hydroxylation is 2. The molecule has 0 amide bonds. The monoisotopic (exact) mass is 292 g/mol. The predicted molar refractivity (Wildman–Crippen MR) is 79.5 cm³/mol. The first-order chi connectivity index (χ1) is 9.86. The standard InChI is InChI=1S/C14H20N4O3/c1-7(2)10(6-19)16-12-9(14(20)21)5-15-13-11(12)8(3)17-18(13)4/h5,7,10,19H,6H2,1-4H3,(H,15,16)(H,20,21). The molecule has 0 aliphatic rings. The van der Waals surface area contributed by atoms with Crippen molar-refractivity contribution in [1.29, 1.82) is 0 Å². The van der Waals surface area contributed by atoms with Crippen LogP contribution in [-0.2, 0) is 7.05 Å². The van der Waals surface area contributed by atoms with E-state index >= 15 is 0 Å². The second kappa shape index (κ2) is 5.69. The summed E-state index contributed by atoms with van der Waals surface area (Å²) in [5, 5.41) is 27.0. The molecular formula is C14H20N4O3. The Morgan fingerprint density at radius 2 is 2.14 bits per heavy atom. The molecule has 0 radical (unpaired) electrons. The highest BCUT2D eigenvalue weighted by molar-refractivity contribution is 6.04. The largest absolute Gasteiger partial charge is 0.478 e. The summed E-state index contributed by atoms with van der Waals surface area (Å²) < 4.78 is 1.62. The van der Waals surface area contributed by atoms with Gasteiger partial charge >= 0.3 is 5.97 Å². The number of nitrogens with one attached hydrogen (secondary N) is 1. The van der Waals surface area contributed by atoms with E-state index in [-0.39, 0.29) is 24.1 Å². The number of fused-ring (bicyclic) bond motifs is 1. The third-order valence-electron chi connectivity index (χ3n) is 3.59. The Balaban J connectivity index is 2.67. The van der Waals surface area contributed by atoms with Crippen molar-refractivity contribution in [3.63, 3.8) is 0 Å². The number of aromatic carboxylic acids is 1. The number of carbonyl (C=O) groups is 1. The van der Waals surface area contributed by atoms with Crippen LogP contribution in [-0.4, -0.2) is 43.6 Å². The van der Waals surface area contributed by atoms with Gasteiger partial charge in [0.15, 0.2) is 5.65 Å². The molecule has 0 saturated carbocycles. The number of carboxylic acid groups (broad SMARTS) is 1. The molecule has 7 nitrogen and oxygen atoms in total. The molecule has 3 N–H and O–H groups in total. The van der Waals surface area contributed by atoms with Gasteiger partial charge in [0.2, 0.25) is 0 Å². The van der Waals surface area contributed by atoms with Crippen LogP contribution in [0, 0.1) is 12.8 Å². The van der Waals surface area contributed by atoms with Gasteiger partial charge < -0.3 is 15.5 Å². The Bertz CT molecular complexity index is 678. The van der Waals surface area contributed by atoms with Crippen molar-refractivity contribution < 1.29 is 15.0 Å². The second-order valence-corrected chi connectivity index (χ2v) is 5.44. The van der Waals surface area contributed by atoms with E-state index in [1.807, 2.05) is 20.8 Å². The first kappa shape index (κ1) is 15.2. The molecule has 0 aromatic carbocycles. The van der Waals surface area contributed by atoms with E-state index in [4.69, 9.17) is 0 Å². The zero-order valence-electron chi connectivity index (χ0n) is 12.6. The molecular weight excluding hydrogens is 272 g/mol. The average Bonchev–Trinajstić information content (AvgIpc) is 2.70. The van der Waals surface area contributed by atoms with Gasteiger partial charge in [-0.05, 0) is 12.8 Å². The lowest BCUT2D eigenvalue weighted by Gasteiger charge is -2.22. The molecule has 7 heteroatoms. The molecule has 0 fully saturated rings. The summed E-state index contributed by atoms with van der Waals surface area (Å²) in [5.41, 5.74) is 1.86. The molecule has 0 aliphatic carbocycles. The number of hydrogen-bond acceptors (Lipinski definition) is 5. The molecule has 1 unspecified atom stereocenters. The minimum Gasteiger partial charge on any atom is -0.478 e. The lowest BCUT2D eigenvalue weighted by atomic mass is 10.0. The van der Waals surface area contributed by atoms with Crippen LogP contribution < -0.4 is 5.32 Å². The van der Waals surface area contributed by atoms with Gasteiger partial charge in [0.25, 0.3) is 0 Å². The fraction of sp³-hybridized carbons (Fsp3) is 0.500. The maximum atomic E-state index is 11.5. The summed E-state index contributed by atoms with van der Waals surface area (Å²) >= 11 is 0. The first-order valence-corrected chi connectivity index (χ1v) is 6.79. The average molecular weight is 292 g/mol. The predicted octanol–water partition coefficient (Wildman–Crippen LogP) is 1.40. The number of anilines is 1. The highest BCUT2D eigenvalue weighted by Gasteiger charge is 2.22. The first-order valence-electron chi connectivity index (χ1n) is 6.79. The topological polar surface area (TPSA) is 100 Å². The minimum absolute atomic E-state index is 0.0812. The molecule has 2 heterocycles. The molecule has 2 rings (SSSR count). The number of nitrogens with zero attached hydrogens (tertiary/aromatic N) is 3. The Hall–Kier alpha value is -2.15. The van der Waals surface area contributed by atoms with Gasteiger partial charge in [-0.15, -0.1) is 0 Å². The number of aliphatic hydroxyl groups is 1. The van der Waals surface area contributed by atoms with Crippen LogP contribution >= 0.6 is 0 Å². The van der Waals surface area contributed by atoms with E-state index in [1.54, 1.807) is 11.7 Å². The summed E-state index contributed by atoms with van der Waals surface area (Å²) in [6.07, 6.45) is 1.32. The zero-order valence-corrected chi connectivity index (χ0v) is 12.6. The number of aromatic nitrogens is 3. The SMILES string of the molecule is Cc1nn(C)c2ncc(C(=O)O)c(NC(CO)C(C)C)c12. The summed E-state index contributed by atoms with van der Waals surface area (Å²) in [7, 11) is 1.76. The van der Waals surface area contributed by atoms with Crippen molar-refractivity contribution in [1.82, 2.24) is 14.8 Å². The smallest absolute Gasteiger partial charge is 0.339 e. The number of rotatable bonds is 5. The molecule has 0 bridgehead atoms. The third-order valence-corrected chi connectivity index (χ3v) is 3.59. The minimum atomic E-state index is -1.06.